The molecule has 0 aliphatic carbocycles. The van der Waals surface area contributed by atoms with Gasteiger partial charge in [0.1, 0.15) is 11.2 Å². The number of fused-ring (bicyclic) bond motifs is 13. The van der Waals surface area contributed by atoms with Crippen molar-refractivity contribution >= 4 is 106 Å². The molecule has 12 aromatic rings. The first kappa shape index (κ1) is 38.0. The Kier molecular flexibility index (Phi) is 8.01. The number of hydrogen-bond donors (Lipinski definition) is 0. The van der Waals surface area contributed by atoms with E-state index in [1.807, 2.05) is 0 Å². The van der Waals surface area contributed by atoms with Crippen molar-refractivity contribution in [3.05, 3.63) is 218 Å². The first-order chi connectivity index (χ1) is 32.9. The van der Waals surface area contributed by atoms with Crippen molar-refractivity contribution in [2.45, 2.75) is 26.2 Å². The van der Waals surface area contributed by atoms with E-state index in [-0.39, 0.29) is 12.3 Å². The van der Waals surface area contributed by atoms with E-state index in [4.69, 9.17) is 4.42 Å². The molecule has 0 radical (unpaired) electrons. The van der Waals surface area contributed by atoms with E-state index in [1.165, 1.54) is 71.3 Å². The smallest absolute Gasteiger partial charge is 0.333 e. The lowest BCUT2D eigenvalue weighted by Gasteiger charge is -2.42. The number of aromatic nitrogens is 1. The van der Waals surface area contributed by atoms with Crippen molar-refractivity contribution in [1.29, 1.82) is 0 Å². The van der Waals surface area contributed by atoms with E-state index < -0.39 is 0 Å². The summed E-state index contributed by atoms with van der Waals surface area (Å²) in [5.41, 5.74) is 19.5. The number of anilines is 6. The van der Waals surface area contributed by atoms with Gasteiger partial charge in [-0.2, -0.15) is 0 Å². The normalized spacial score (nSPS) is 12.9. The summed E-state index contributed by atoms with van der Waals surface area (Å²) in [6.45, 7) is 6.73. The first-order valence-electron chi connectivity index (χ1n) is 23.4. The fraction of sp³-hybridized carbons (Fsp3) is 0.0645. The van der Waals surface area contributed by atoms with Gasteiger partial charge in [0.25, 0.3) is 0 Å². The molecule has 0 fully saturated rings. The van der Waals surface area contributed by atoms with Gasteiger partial charge >= 0.3 is 6.85 Å². The minimum atomic E-state index is -0.197. The third-order valence-electron chi connectivity index (χ3n) is 14.5. The van der Waals surface area contributed by atoms with Crippen LogP contribution in [0.5, 0.6) is 0 Å². The van der Waals surface area contributed by atoms with Crippen LogP contribution in [0.2, 0.25) is 0 Å². The average molecular weight is 858 g/mol. The van der Waals surface area contributed by atoms with E-state index in [0.29, 0.717) is 0 Å². The second-order valence-corrected chi connectivity index (χ2v) is 19.2. The van der Waals surface area contributed by atoms with Crippen LogP contribution >= 0.6 is 0 Å². The number of furan rings is 1. The van der Waals surface area contributed by atoms with Crippen LogP contribution in [0.3, 0.4) is 0 Å². The molecule has 0 saturated heterocycles. The first-order valence-corrected chi connectivity index (χ1v) is 23.4. The van der Waals surface area contributed by atoms with Gasteiger partial charge in [-0.25, -0.2) is 0 Å². The van der Waals surface area contributed by atoms with Crippen LogP contribution in [-0.4, -0.2) is 11.3 Å². The quantitative estimate of drug-likeness (QED) is 0.161. The zero-order valence-electron chi connectivity index (χ0n) is 37.5. The highest BCUT2D eigenvalue weighted by Crippen LogP contribution is 2.53. The van der Waals surface area contributed by atoms with E-state index >= 15 is 0 Å². The molecule has 4 heterocycles. The molecular formula is C62H44BN3O. The maximum Gasteiger partial charge on any atom is 0.333 e. The molecule has 10 aromatic carbocycles. The van der Waals surface area contributed by atoms with Crippen molar-refractivity contribution < 1.29 is 4.42 Å². The largest absolute Gasteiger partial charge is 0.456 e. The Morgan fingerprint density at radius 1 is 0.463 bits per heavy atom. The number of rotatable bonds is 5. The molecular weight excluding hydrogens is 814 g/mol. The monoisotopic (exact) mass is 857 g/mol. The van der Waals surface area contributed by atoms with Crippen LogP contribution in [-0.2, 0) is 5.41 Å². The number of para-hydroxylation sites is 4. The van der Waals surface area contributed by atoms with Crippen LogP contribution in [0.25, 0.3) is 76.8 Å². The summed E-state index contributed by atoms with van der Waals surface area (Å²) in [4.78, 5) is 4.99. The Morgan fingerprint density at radius 2 is 1.12 bits per heavy atom. The van der Waals surface area contributed by atoms with Gasteiger partial charge in [-0.3, -0.25) is 0 Å². The summed E-state index contributed by atoms with van der Waals surface area (Å²) in [6.07, 6.45) is 0. The molecule has 4 nitrogen and oxygen atoms in total. The molecule has 0 atom stereocenters. The maximum atomic E-state index is 6.98. The Morgan fingerprint density at radius 3 is 1.88 bits per heavy atom. The highest BCUT2D eigenvalue weighted by atomic mass is 16.3. The third kappa shape index (κ3) is 5.49. The molecule has 2 aliphatic rings. The number of hydrogen-bond acceptors (Lipinski definition) is 3. The van der Waals surface area contributed by atoms with Crippen molar-refractivity contribution in [2.24, 2.45) is 0 Å². The molecule has 14 rings (SSSR count). The Balaban J connectivity index is 1.18. The van der Waals surface area contributed by atoms with Gasteiger partial charge in [0.15, 0.2) is 0 Å². The Bertz CT molecular complexity index is 3940. The van der Waals surface area contributed by atoms with Gasteiger partial charge in [-0.15, -0.1) is 0 Å². The van der Waals surface area contributed by atoms with E-state index in [9.17, 15) is 0 Å². The van der Waals surface area contributed by atoms with E-state index in [1.54, 1.807) is 0 Å². The molecule has 0 N–H and O–H groups in total. The molecule has 5 heteroatoms. The zero-order valence-corrected chi connectivity index (χ0v) is 37.5. The van der Waals surface area contributed by atoms with Crippen LogP contribution in [0.4, 0.5) is 34.1 Å². The van der Waals surface area contributed by atoms with Crippen molar-refractivity contribution in [2.75, 3.05) is 9.80 Å². The molecule has 316 valence electrons. The van der Waals surface area contributed by atoms with Crippen LogP contribution in [0.1, 0.15) is 26.3 Å². The summed E-state index contributed by atoms with van der Waals surface area (Å²) in [6, 6.07) is 78.2. The highest BCUT2D eigenvalue weighted by molar-refractivity contribution is 6.90. The van der Waals surface area contributed by atoms with Gasteiger partial charge in [0.2, 0.25) is 0 Å². The lowest BCUT2D eigenvalue weighted by atomic mass is 9.44. The molecule has 0 unspecified atom stereocenters. The molecule has 0 saturated carbocycles. The second-order valence-electron chi connectivity index (χ2n) is 19.2. The van der Waals surface area contributed by atoms with Crippen LogP contribution in [0, 0.1) is 0 Å². The minimum Gasteiger partial charge on any atom is -0.456 e. The second kappa shape index (κ2) is 14.1. The van der Waals surface area contributed by atoms with Crippen molar-refractivity contribution in [3.63, 3.8) is 0 Å². The maximum absolute atomic E-state index is 6.98. The molecule has 0 bridgehead atoms. The number of nitrogens with zero attached hydrogens (tertiary/aromatic N) is 3. The van der Waals surface area contributed by atoms with Crippen molar-refractivity contribution in [3.8, 4) is 22.3 Å². The molecule has 0 spiro atoms. The minimum absolute atomic E-state index is 0.0620. The Hall–Kier alpha value is -8.28. The molecule has 0 amide bonds. The van der Waals surface area contributed by atoms with Gasteiger partial charge < -0.3 is 18.7 Å². The fourth-order valence-corrected chi connectivity index (χ4v) is 11.5. The van der Waals surface area contributed by atoms with Crippen LogP contribution < -0.4 is 20.7 Å². The topological polar surface area (TPSA) is 24.6 Å². The third-order valence-corrected chi connectivity index (χ3v) is 14.5. The lowest BCUT2D eigenvalue weighted by Crippen LogP contribution is -2.56. The highest BCUT2D eigenvalue weighted by Gasteiger charge is 2.45. The predicted octanol–water partition coefficient (Wildman–Crippen LogP) is 15.7. The number of benzene rings is 10. The predicted molar refractivity (Wildman–Crippen MR) is 284 cm³/mol. The van der Waals surface area contributed by atoms with E-state index in [0.717, 1.165) is 56.1 Å². The fourth-order valence-electron chi connectivity index (χ4n) is 11.5. The molecule has 2 aliphatic heterocycles. The van der Waals surface area contributed by atoms with Crippen LogP contribution in [0.15, 0.2) is 217 Å². The summed E-state index contributed by atoms with van der Waals surface area (Å²) < 4.78 is 9.69. The zero-order chi connectivity index (χ0) is 44.5. The summed E-state index contributed by atoms with van der Waals surface area (Å²) in [7, 11) is 0. The van der Waals surface area contributed by atoms with Gasteiger partial charge in [0.05, 0.1) is 16.8 Å². The lowest BCUT2D eigenvalue weighted by molar-refractivity contribution is 0.590. The van der Waals surface area contributed by atoms with Crippen molar-refractivity contribution in [1.82, 2.24) is 4.48 Å². The van der Waals surface area contributed by atoms with E-state index in [2.05, 4.69) is 247 Å². The molecule has 67 heavy (non-hydrogen) atoms. The summed E-state index contributed by atoms with van der Waals surface area (Å²) in [5, 5.41) is 7.24. The van der Waals surface area contributed by atoms with Gasteiger partial charge in [-0.05, 0) is 105 Å². The Labute approximate surface area is 389 Å². The standard InChI is InChI=1S/C62H44BN3O/c1-62(2,3)41-31-34-53(50(36-41)39-18-7-4-8-19-39)65-54-35-32-44(64(42-21-9-5-10-22-42)43-23-11-6-12-24-43)37-52(54)63-58-51(38-56-57(61(58)65)49-26-15-16-29-55(49)67-56)47-28-17-27-46-48-33-30-40-20-13-14-25-45(40)59(48)66(63)60(46)47/h4-38H,1-3H3. The summed E-state index contributed by atoms with van der Waals surface area (Å²) >= 11 is 0. The SMILES string of the molecule is CC(C)(C)c1ccc(N2c3ccc(N(c4ccccc4)c4ccccc4)cc3B3c4c(cc5oc6ccccc6c5c42)-c2cccc4c5ccc6ccccc6c5n3c24)c(-c2ccccc2)c1. The van der Waals surface area contributed by atoms with Gasteiger partial charge in [0, 0.05) is 66.5 Å². The average Bonchev–Trinajstić information content (AvgIpc) is 3.92. The molecule has 2 aromatic heterocycles. The summed E-state index contributed by atoms with van der Waals surface area (Å²) in [5.74, 6) is 0. The van der Waals surface area contributed by atoms with Gasteiger partial charge in [-0.1, -0.05) is 166 Å².